The van der Waals surface area contributed by atoms with Gasteiger partial charge in [-0.3, -0.25) is 4.79 Å². The van der Waals surface area contributed by atoms with Crippen LogP contribution in [0, 0.1) is 0 Å². The lowest BCUT2D eigenvalue weighted by Gasteiger charge is -2.14. The fourth-order valence-corrected chi connectivity index (χ4v) is 4.03. The zero-order valence-corrected chi connectivity index (χ0v) is 18.3. The van der Waals surface area contributed by atoms with Crippen molar-refractivity contribution in [3.63, 3.8) is 0 Å². The number of amides is 2. The summed E-state index contributed by atoms with van der Waals surface area (Å²) in [4.78, 5) is 34.8. The first-order valence-electron chi connectivity index (χ1n) is 11.1. The van der Waals surface area contributed by atoms with E-state index in [1.165, 1.54) is 22.3 Å². The smallest absolute Gasteiger partial charge is 0.407 e. The molecule has 0 aliphatic heterocycles. The third kappa shape index (κ3) is 5.87. The van der Waals surface area contributed by atoms with Gasteiger partial charge in [0.05, 0.1) is 0 Å². The van der Waals surface area contributed by atoms with Crippen LogP contribution in [0.5, 0.6) is 0 Å². The minimum absolute atomic E-state index is 0.0319. The molecular weight excluding hydrogens is 408 g/mol. The van der Waals surface area contributed by atoms with E-state index in [1.807, 2.05) is 24.3 Å². The maximum Gasteiger partial charge on any atom is 0.407 e. The first-order valence-corrected chi connectivity index (χ1v) is 11.1. The summed E-state index contributed by atoms with van der Waals surface area (Å²) in [5, 5.41) is 14.2. The Morgan fingerprint density at radius 3 is 2.19 bits per heavy atom. The number of benzene rings is 2. The van der Waals surface area contributed by atoms with Crippen molar-refractivity contribution >= 4 is 18.0 Å². The summed E-state index contributed by atoms with van der Waals surface area (Å²) >= 11 is 0. The number of carboxylic acids is 1. The summed E-state index contributed by atoms with van der Waals surface area (Å²) in [7, 11) is 0. The van der Waals surface area contributed by atoms with Crippen LogP contribution < -0.4 is 10.6 Å². The predicted molar refractivity (Wildman–Crippen MR) is 121 cm³/mol. The molecule has 0 heterocycles. The number of hydrogen-bond donors (Lipinski definition) is 3. The lowest BCUT2D eigenvalue weighted by molar-refractivity contribution is -0.141. The number of carboxylic acid groups (broad SMARTS) is 1. The van der Waals surface area contributed by atoms with Gasteiger partial charge in [0.15, 0.2) is 0 Å². The molecule has 1 atom stereocenters. The minimum Gasteiger partial charge on any atom is -0.480 e. The lowest BCUT2D eigenvalue weighted by atomic mass is 9.98. The molecule has 170 valence electrons. The van der Waals surface area contributed by atoms with E-state index in [0.717, 1.165) is 6.42 Å². The summed E-state index contributed by atoms with van der Waals surface area (Å²) in [6.07, 6.45) is 2.28. The third-order valence-electron chi connectivity index (χ3n) is 5.74. The average Bonchev–Trinajstić information content (AvgIpc) is 3.12. The number of nitrogens with one attached hydrogen (secondary N) is 2. The van der Waals surface area contributed by atoms with Gasteiger partial charge in [-0.05, 0) is 41.5 Å². The van der Waals surface area contributed by atoms with E-state index in [0.29, 0.717) is 25.8 Å². The molecule has 3 rings (SSSR count). The Labute approximate surface area is 188 Å². The summed E-state index contributed by atoms with van der Waals surface area (Å²) in [5.74, 6) is -1.25. The van der Waals surface area contributed by atoms with Crippen LogP contribution in [-0.4, -0.2) is 42.3 Å². The minimum atomic E-state index is -1.02. The van der Waals surface area contributed by atoms with Crippen LogP contribution in [-0.2, 0) is 14.3 Å². The summed E-state index contributed by atoms with van der Waals surface area (Å²) in [6.45, 7) is 2.46. The number of ether oxygens (including phenoxy) is 1. The normalized spacial score (nSPS) is 13.0. The maximum atomic E-state index is 12.1. The molecule has 0 saturated carbocycles. The van der Waals surface area contributed by atoms with E-state index in [9.17, 15) is 14.4 Å². The number of rotatable bonds is 11. The average molecular weight is 439 g/mol. The van der Waals surface area contributed by atoms with Gasteiger partial charge >= 0.3 is 12.1 Å². The second kappa shape index (κ2) is 11.3. The van der Waals surface area contributed by atoms with E-state index < -0.39 is 18.1 Å². The number of unbranched alkanes of at least 4 members (excludes halogenated alkanes) is 2. The van der Waals surface area contributed by atoms with Gasteiger partial charge in [-0.15, -0.1) is 0 Å². The quantitative estimate of drug-likeness (QED) is 0.459. The van der Waals surface area contributed by atoms with Crippen molar-refractivity contribution in [1.29, 1.82) is 0 Å². The van der Waals surface area contributed by atoms with Crippen LogP contribution >= 0.6 is 0 Å². The van der Waals surface area contributed by atoms with Crippen LogP contribution in [0.2, 0.25) is 0 Å². The number of carbonyl (C=O) groups excluding carboxylic acids is 2. The van der Waals surface area contributed by atoms with Crippen LogP contribution in [0.25, 0.3) is 11.1 Å². The van der Waals surface area contributed by atoms with Crippen molar-refractivity contribution in [2.75, 3.05) is 13.2 Å². The highest BCUT2D eigenvalue weighted by molar-refractivity contribution is 5.83. The molecule has 1 aliphatic rings. The Morgan fingerprint density at radius 2 is 1.59 bits per heavy atom. The van der Waals surface area contributed by atoms with Crippen molar-refractivity contribution in [3.8, 4) is 11.1 Å². The Kier molecular flexibility index (Phi) is 8.25. The summed E-state index contributed by atoms with van der Waals surface area (Å²) < 4.78 is 5.49. The van der Waals surface area contributed by atoms with Crippen LogP contribution in [0.1, 0.15) is 56.1 Å². The van der Waals surface area contributed by atoms with Crippen LogP contribution in [0.3, 0.4) is 0 Å². The van der Waals surface area contributed by atoms with E-state index in [-0.39, 0.29) is 24.9 Å². The summed E-state index contributed by atoms with van der Waals surface area (Å²) in [5.41, 5.74) is 4.73. The van der Waals surface area contributed by atoms with E-state index in [4.69, 9.17) is 9.84 Å². The van der Waals surface area contributed by atoms with Crippen molar-refractivity contribution in [3.05, 3.63) is 59.7 Å². The molecule has 0 radical (unpaired) electrons. The molecule has 2 aromatic carbocycles. The van der Waals surface area contributed by atoms with Crippen molar-refractivity contribution in [2.24, 2.45) is 0 Å². The fourth-order valence-electron chi connectivity index (χ4n) is 4.03. The molecule has 0 saturated heterocycles. The lowest BCUT2D eigenvalue weighted by Crippen LogP contribution is -2.40. The molecule has 2 amide bonds. The van der Waals surface area contributed by atoms with Crippen molar-refractivity contribution in [1.82, 2.24) is 10.6 Å². The molecule has 0 aromatic heterocycles. The van der Waals surface area contributed by atoms with Gasteiger partial charge in [0.2, 0.25) is 5.91 Å². The van der Waals surface area contributed by atoms with Gasteiger partial charge in [-0.25, -0.2) is 9.59 Å². The SMILES string of the molecule is CC[C@H](NC(=O)CCCCCNC(=O)OCC1c2ccccc2-c2ccccc21)C(=O)O. The molecule has 7 heteroatoms. The van der Waals surface area contributed by atoms with Gasteiger partial charge in [0.25, 0.3) is 0 Å². The standard InChI is InChI=1S/C25H30N2O5/c1-2-22(24(29)30)27-23(28)14-4-3-9-15-26-25(31)32-16-21-19-12-7-5-10-17(19)18-11-6-8-13-20(18)21/h5-8,10-13,21-22H,2-4,9,14-16H2,1H3,(H,26,31)(H,27,28)(H,29,30)/t22-/m0/s1. The molecule has 0 bridgehead atoms. The largest absolute Gasteiger partial charge is 0.480 e. The molecule has 0 fully saturated rings. The van der Waals surface area contributed by atoms with Gasteiger partial charge in [0, 0.05) is 18.9 Å². The van der Waals surface area contributed by atoms with Gasteiger partial charge in [0.1, 0.15) is 12.6 Å². The zero-order valence-electron chi connectivity index (χ0n) is 18.3. The first-order chi connectivity index (χ1) is 15.5. The second-order valence-electron chi connectivity index (χ2n) is 7.93. The van der Waals surface area contributed by atoms with Gasteiger partial charge < -0.3 is 20.5 Å². The Bertz CT molecular complexity index is 913. The fraction of sp³-hybridized carbons (Fsp3) is 0.400. The molecule has 2 aromatic rings. The van der Waals surface area contributed by atoms with E-state index >= 15 is 0 Å². The molecule has 3 N–H and O–H groups in total. The number of alkyl carbamates (subject to hydrolysis) is 1. The molecule has 0 unspecified atom stereocenters. The van der Waals surface area contributed by atoms with Crippen molar-refractivity contribution < 1.29 is 24.2 Å². The zero-order chi connectivity index (χ0) is 22.9. The molecule has 1 aliphatic carbocycles. The van der Waals surface area contributed by atoms with E-state index in [2.05, 4.69) is 34.9 Å². The third-order valence-corrected chi connectivity index (χ3v) is 5.74. The number of hydrogen-bond acceptors (Lipinski definition) is 4. The summed E-state index contributed by atoms with van der Waals surface area (Å²) in [6, 6.07) is 15.6. The Morgan fingerprint density at radius 1 is 0.969 bits per heavy atom. The van der Waals surface area contributed by atoms with Crippen molar-refractivity contribution in [2.45, 2.75) is 51.0 Å². The molecular formula is C25H30N2O5. The monoisotopic (exact) mass is 438 g/mol. The Hall–Kier alpha value is -3.35. The number of carbonyl (C=O) groups is 3. The Balaban J connectivity index is 1.34. The van der Waals surface area contributed by atoms with Gasteiger partial charge in [-0.2, -0.15) is 0 Å². The number of fused-ring (bicyclic) bond motifs is 3. The second-order valence-corrected chi connectivity index (χ2v) is 7.93. The predicted octanol–water partition coefficient (Wildman–Crippen LogP) is 4.06. The topological polar surface area (TPSA) is 105 Å². The highest BCUT2D eigenvalue weighted by Crippen LogP contribution is 2.44. The van der Waals surface area contributed by atoms with Gasteiger partial charge in [-0.1, -0.05) is 61.9 Å². The highest BCUT2D eigenvalue weighted by atomic mass is 16.5. The van der Waals surface area contributed by atoms with E-state index in [1.54, 1.807) is 6.92 Å². The first kappa shape index (κ1) is 23.3. The number of aliphatic carboxylic acids is 1. The maximum absolute atomic E-state index is 12.1. The molecule has 0 spiro atoms. The molecule has 32 heavy (non-hydrogen) atoms. The molecule has 7 nitrogen and oxygen atoms in total. The van der Waals surface area contributed by atoms with Crippen LogP contribution in [0.15, 0.2) is 48.5 Å². The van der Waals surface area contributed by atoms with Crippen LogP contribution in [0.4, 0.5) is 4.79 Å². The highest BCUT2D eigenvalue weighted by Gasteiger charge is 2.28.